The van der Waals surface area contributed by atoms with Crippen molar-refractivity contribution in [3.63, 3.8) is 0 Å². The van der Waals surface area contributed by atoms with Crippen molar-refractivity contribution in [1.29, 1.82) is 0 Å². The van der Waals surface area contributed by atoms with E-state index in [-0.39, 0.29) is 5.41 Å². The summed E-state index contributed by atoms with van der Waals surface area (Å²) in [7, 11) is -2.56. The first kappa shape index (κ1) is 10.2. The lowest BCUT2D eigenvalue weighted by Crippen LogP contribution is -2.57. The second-order valence-corrected chi connectivity index (χ2v) is 7.70. The molecule has 0 saturated carbocycles. The van der Waals surface area contributed by atoms with Gasteiger partial charge < -0.3 is 14.3 Å². The molecule has 0 aromatic heterocycles. The molecule has 0 aliphatic carbocycles. The Hall–Kier alpha value is 0.0969. The van der Waals surface area contributed by atoms with E-state index in [9.17, 15) is 9.90 Å². The number of aliphatic hydroxyl groups is 1. The molecule has 1 aliphatic heterocycles. The molecule has 2 atom stereocenters. The van der Waals surface area contributed by atoms with Gasteiger partial charge in [-0.2, -0.15) is 0 Å². The molecular formula is C8H18O3Si. The van der Waals surface area contributed by atoms with Gasteiger partial charge in [-0.05, 0) is 25.9 Å². The fourth-order valence-corrected chi connectivity index (χ4v) is 3.72. The second-order valence-electron chi connectivity index (χ2n) is 4.64. The minimum Gasteiger partial charge on any atom is -0.411 e. The lowest BCUT2D eigenvalue weighted by atomic mass is 9.81. The van der Waals surface area contributed by atoms with Gasteiger partial charge in [0.15, 0.2) is 5.79 Å². The molecule has 4 heteroatoms. The van der Waals surface area contributed by atoms with Crippen LogP contribution in [-0.2, 0) is 4.43 Å². The predicted octanol–water partition coefficient (Wildman–Crippen LogP) is 1.21. The molecular weight excluding hydrogens is 172 g/mol. The third kappa shape index (κ3) is 1.71. The van der Waals surface area contributed by atoms with E-state index in [1.54, 1.807) is 13.5 Å². The van der Waals surface area contributed by atoms with Gasteiger partial charge in [-0.1, -0.05) is 13.8 Å². The third-order valence-corrected chi connectivity index (χ3v) is 4.90. The highest BCUT2D eigenvalue weighted by molar-refractivity contribution is 6.64. The molecule has 0 bridgehead atoms. The van der Waals surface area contributed by atoms with Crippen LogP contribution in [0.1, 0.15) is 27.2 Å². The van der Waals surface area contributed by atoms with Crippen LogP contribution in [0.4, 0.5) is 0 Å². The molecule has 2 unspecified atom stereocenters. The van der Waals surface area contributed by atoms with Gasteiger partial charge in [0.05, 0.1) is 0 Å². The number of rotatable bonds is 0. The quantitative estimate of drug-likeness (QED) is 0.564. The van der Waals surface area contributed by atoms with E-state index in [1.165, 1.54) is 0 Å². The van der Waals surface area contributed by atoms with Crippen molar-refractivity contribution in [2.24, 2.45) is 5.41 Å². The van der Waals surface area contributed by atoms with E-state index in [2.05, 4.69) is 0 Å². The van der Waals surface area contributed by atoms with Gasteiger partial charge in [-0.3, -0.25) is 0 Å². The highest BCUT2D eigenvalue weighted by atomic mass is 28.4. The van der Waals surface area contributed by atoms with Crippen LogP contribution >= 0.6 is 0 Å². The van der Waals surface area contributed by atoms with E-state index in [0.29, 0.717) is 6.04 Å². The van der Waals surface area contributed by atoms with Gasteiger partial charge in [0.2, 0.25) is 0 Å². The highest BCUT2D eigenvalue weighted by Gasteiger charge is 2.51. The summed E-state index contributed by atoms with van der Waals surface area (Å²) in [5.74, 6) is -1.18. The Kier molecular flexibility index (Phi) is 2.16. The van der Waals surface area contributed by atoms with Gasteiger partial charge in [0.25, 0.3) is 0 Å². The number of hydrogen-bond acceptors (Lipinski definition) is 3. The van der Waals surface area contributed by atoms with E-state index in [1.807, 2.05) is 13.8 Å². The molecule has 12 heavy (non-hydrogen) atoms. The average Bonchev–Trinajstić information content (AvgIpc) is 1.79. The van der Waals surface area contributed by atoms with Crippen molar-refractivity contribution in [1.82, 2.24) is 0 Å². The zero-order chi connectivity index (χ0) is 9.62. The topological polar surface area (TPSA) is 49.7 Å². The molecule has 1 rings (SSSR count). The Morgan fingerprint density at radius 2 is 1.83 bits per heavy atom. The summed E-state index contributed by atoms with van der Waals surface area (Å²) in [6.45, 7) is 7.26. The number of hydrogen-bond donors (Lipinski definition) is 2. The third-order valence-electron chi connectivity index (χ3n) is 2.89. The maximum absolute atomic E-state index is 9.89. The van der Waals surface area contributed by atoms with Gasteiger partial charge in [-0.25, -0.2) is 0 Å². The molecule has 72 valence electrons. The Labute approximate surface area is 74.6 Å². The second kappa shape index (κ2) is 2.54. The molecule has 0 spiro atoms. The molecule has 0 amide bonds. The van der Waals surface area contributed by atoms with Crippen molar-refractivity contribution >= 4 is 8.56 Å². The first-order valence-corrected chi connectivity index (χ1v) is 6.88. The fourth-order valence-electron chi connectivity index (χ4n) is 1.39. The van der Waals surface area contributed by atoms with Crippen LogP contribution in [0.2, 0.25) is 12.6 Å². The van der Waals surface area contributed by atoms with Crippen LogP contribution in [0.5, 0.6) is 0 Å². The standard InChI is InChI=1S/C8H18O3Si/c1-7(2)5-6-12(4,10)11-8(7,3)9/h9-10H,5-6H2,1-4H3. The monoisotopic (exact) mass is 190 g/mol. The lowest BCUT2D eigenvalue weighted by Gasteiger charge is -2.48. The van der Waals surface area contributed by atoms with Crippen molar-refractivity contribution in [2.45, 2.75) is 45.6 Å². The molecule has 0 radical (unpaired) electrons. The maximum atomic E-state index is 9.89. The van der Waals surface area contributed by atoms with Crippen LogP contribution in [0.3, 0.4) is 0 Å². The summed E-state index contributed by atoms with van der Waals surface area (Å²) in [4.78, 5) is 9.70. The van der Waals surface area contributed by atoms with E-state index < -0.39 is 14.3 Å². The van der Waals surface area contributed by atoms with Gasteiger partial charge in [0, 0.05) is 5.41 Å². The smallest absolute Gasteiger partial charge is 0.334 e. The lowest BCUT2D eigenvalue weighted by molar-refractivity contribution is -0.224. The molecule has 0 aromatic rings. The summed E-state index contributed by atoms with van der Waals surface area (Å²) < 4.78 is 5.33. The van der Waals surface area contributed by atoms with Crippen LogP contribution in [0.15, 0.2) is 0 Å². The zero-order valence-corrected chi connectivity index (χ0v) is 9.22. The summed E-state index contributed by atoms with van der Waals surface area (Å²) in [6, 6.07) is 0.705. The first-order valence-electron chi connectivity index (χ1n) is 4.31. The fraction of sp³-hybridized carbons (Fsp3) is 1.00. The molecule has 1 fully saturated rings. The van der Waals surface area contributed by atoms with Crippen LogP contribution < -0.4 is 0 Å². The van der Waals surface area contributed by atoms with Crippen LogP contribution in [0, 0.1) is 5.41 Å². The molecule has 0 aromatic carbocycles. The SMILES string of the molecule is CC1(C)CC[Si](C)(O)OC1(C)O. The van der Waals surface area contributed by atoms with Crippen LogP contribution in [-0.4, -0.2) is 24.3 Å². The largest absolute Gasteiger partial charge is 0.411 e. The van der Waals surface area contributed by atoms with Crippen molar-refractivity contribution in [3.05, 3.63) is 0 Å². The Morgan fingerprint density at radius 1 is 1.33 bits per heavy atom. The van der Waals surface area contributed by atoms with Crippen molar-refractivity contribution in [3.8, 4) is 0 Å². The van der Waals surface area contributed by atoms with Gasteiger partial charge >= 0.3 is 8.56 Å². The highest BCUT2D eigenvalue weighted by Crippen LogP contribution is 2.43. The minimum absolute atomic E-state index is 0.262. The maximum Gasteiger partial charge on any atom is 0.334 e. The summed E-state index contributed by atoms with van der Waals surface area (Å²) >= 11 is 0. The van der Waals surface area contributed by atoms with Crippen LogP contribution in [0.25, 0.3) is 0 Å². The first-order chi connectivity index (χ1) is 5.16. The minimum atomic E-state index is -2.56. The molecule has 1 heterocycles. The Balaban J connectivity index is 2.82. The Morgan fingerprint density at radius 3 is 2.17 bits per heavy atom. The van der Waals surface area contributed by atoms with E-state index in [0.717, 1.165) is 6.42 Å². The Bertz CT molecular complexity index is 187. The molecule has 3 nitrogen and oxygen atoms in total. The van der Waals surface area contributed by atoms with E-state index in [4.69, 9.17) is 4.43 Å². The van der Waals surface area contributed by atoms with Gasteiger partial charge in [-0.15, -0.1) is 0 Å². The zero-order valence-electron chi connectivity index (χ0n) is 8.22. The summed E-state index contributed by atoms with van der Waals surface area (Å²) in [5, 5.41) is 9.89. The van der Waals surface area contributed by atoms with Crippen molar-refractivity contribution in [2.75, 3.05) is 0 Å². The molecule has 1 aliphatic rings. The predicted molar refractivity (Wildman–Crippen MR) is 48.8 cm³/mol. The summed E-state index contributed by atoms with van der Waals surface area (Å²) in [6.07, 6.45) is 0.819. The molecule has 2 N–H and O–H groups in total. The average molecular weight is 190 g/mol. The molecule has 1 saturated heterocycles. The van der Waals surface area contributed by atoms with Gasteiger partial charge in [0.1, 0.15) is 0 Å². The van der Waals surface area contributed by atoms with E-state index >= 15 is 0 Å². The normalized spacial score (nSPS) is 47.5. The summed E-state index contributed by atoms with van der Waals surface area (Å²) in [5.41, 5.74) is -0.262. The van der Waals surface area contributed by atoms with Crippen molar-refractivity contribution < 1.29 is 14.3 Å².